The summed E-state index contributed by atoms with van der Waals surface area (Å²) >= 11 is 6.65. The zero-order chi connectivity index (χ0) is 25.9. The Morgan fingerprint density at radius 2 is 1.77 bits per heavy atom. The fourth-order valence-corrected chi connectivity index (χ4v) is 6.30. The standard InChI is InChI=1S/C30H26ClN5O3/c31-22-14-23-29(35-30(33-23)39-25-16-38-24-9-12-37-28(24)25)34-27(22)20-7-5-18(6-8-20)17-1-3-19(4-2-17)21-13-26-32-10-11-36(26)15-21/h1-8,10-11,14,21,24-25,28H,9,12-13,15-16H2,(H,33,34,35)/t21?,24-,25?,28+/m1/s1. The van der Waals surface area contributed by atoms with Gasteiger partial charge in [-0.25, -0.2) is 9.97 Å². The fourth-order valence-electron chi connectivity index (χ4n) is 6.04. The number of imidazole rings is 2. The maximum atomic E-state index is 6.65. The Morgan fingerprint density at radius 1 is 0.974 bits per heavy atom. The van der Waals surface area contributed by atoms with E-state index in [2.05, 4.69) is 74.2 Å². The van der Waals surface area contributed by atoms with Crippen LogP contribution in [0.5, 0.6) is 6.01 Å². The first-order chi connectivity index (χ1) is 19.2. The van der Waals surface area contributed by atoms with Gasteiger partial charge in [0.1, 0.15) is 11.9 Å². The van der Waals surface area contributed by atoms with E-state index in [0.717, 1.165) is 36.0 Å². The molecule has 3 aliphatic heterocycles. The molecule has 0 aliphatic carbocycles. The van der Waals surface area contributed by atoms with E-state index in [9.17, 15) is 0 Å². The number of fused-ring (bicyclic) bond motifs is 3. The van der Waals surface area contributed by atoms with Gasteiger partial charge in [-0.2, -0.15) is 4.98 Å². The topological polar surface area (TPSA) is 87.1 Å². The third-order valence-electron chi connectivity index (χ3n) is 8.11. The van der Waals surface area contributed by atoms with Crippen molar-refractivity contribution >= 4 is 22.8 Å². The quantitative estimate of drug-likeness (QED) is 0.321. The first-order valence-corrected chi connectivity index (χ1v) is 13.7. The second kappa shape index (κ2) is 9.19. The molecular formula is C30H26ClN5O3. The first-order valence-electron chi connectivity index (χ1n) is 13.3. The van der Waals surface area contributed by atoms with Crippen LogP contribution in [-0.4, -0.2) is 56.0 Å². The van der Waals surface area contributed by atoms with Gasteiger partial charge in [-0.15, -0.1) is 0 Å². The van der Waals surface area contributed by atoms with E-state index in [1.54, 1.807) is 0 Å². The van der Waals surface area contributed by atoms with Crippen LogP contribution in [0.2, 0.25) is 5.02 Å². The van der Waals surface area contributed by atoms with Crippen LogP contribution in [0.1, 0.15) is 23.7 Å². The lowest BCUT2D eigenvalue weighted by Gasteiger charge is -2.15. The van der Waals surface area contributed by atoms with E-state index < -0.39 is 0 Å². The predicted octanol–water partition coefficient (Wildman–Crippen LogP) is 5.42. The van der Waals surface area contributed by atoms with E-state index in [1.807, 2.05) is 12.3 Å². The molecular weight excluding hydrogens is 514 g/mol. The monoisotopic (exact) mass is 539 g/mol. The number of nitrogens with zero attached hydrogens (tertiary/aromatic N) is 4. The Balaban J connectivity index is 0.999. The summed E-state index contributed by atoms with van der Waals surface area (Å²) in [6, 6.07) is 19.4. The van der Waals surface area contributed by atoms with E-state index >= 15 is 0 Å². The van der Waals surface area contributed by atoms with E-state index in [-0.39, 0.29) is 18.3 Å². The van der Waals surface area contributed by atoms with Gasteiger partial charge in [0.15, 0.2) is 11.8 Å². The van der Waals surface area contributed by atoms with Crippen molar-refractivity contribution in [2.75, 3.05) is 13.2 Å². The van der Waals surface area contributed by atoms with Crippen LogP contribution in [-0.2, 0) is 22.4 Å². The van der Waals surface area contributed by atoms with Crippen LogP contribution in [0.15, 0.2) is 67.0 Å². The van der Waals surface area contributed by atoms with Gasteiger partial charge in [-0.05, 0) is 29.2 Å². The highest BCUT2D eigenvalue weighted by Crippen LogP contribution is 2.34. The Morgan fingerprint density at radius 3 is 2.59 bits per heavy atom. The lowest BCUT2D eigenvalue weighted by atomic mass is 9.95. The molecule has 1 N–H and O–H groups in total. The molecule has 2 saturated heterocycles. The van der Waals surface area contributed by atoms with Crippen molar-refractivity contribution in [3.63, 3.8) is 0 Å². The van der Waals surface area contributed by atoms with E-state index in [4.69, 9.17) is 30.8 Å². The number of rotatable bonds is 5. The van der Waals surface area contributed by atoms with Crippen LogP contribution in [0, 0.1) is 0 Å². The molecule has 5 aromatic rings. The van der Waals surface area contributed by atoms with Crippen molar-refractivity contribution in [1.29, 1.82) is 0 Å². The molecule has 0 radical (unpaired) electrons. The summed E-state index contributed by atoms with van der Waals surface area (Å²) in [5.41, 5.74) is 6.57. The van der Waals surface area contributed by atoms with Gasteiger partial charge in [0.25, 0.3) is 6.01 Å². The van der Waals surface area contributed by atoms with Gasteiger partial charge in [0.05, 0.1) is 28.9 Å². The minimum Gasteiger partial charge on any atom is -0.456 e. The molecule has 39 heavy (non-hydrogen) atoms. The molecule has 4 atom stereocenters. The number of halogens is 1. The van der Waals surface area contributed by atoms with Crippen molar-refractivity contribution in [3.8, 4) is 28.4 Å². The van der Waals surface area contributed by atoms with Crippen LogP contribution in [0.3, 0.4) is 0 Å². The number of hydrogen-bond acceptors (Lipinski definition) is 6. The summed E-state index contributed by atoms with van der Waals surface area (Å²) in [7, 11) is 0. The molecule has 9 heteroatoms. The van der Waals surface area contributed by atoms with Gasteiger partial charge in [0.2, 0.25) is 0 Å². The molecule has 2 unspecified atom stereocenters. The number of benzene rings is 2. The Kier molecular flexibility index (Phi) is 5.46. The zero-order valence-corrected chi connectivity index (χ0v) is 21.8. The average Bonchev–Trinajstić information content (AvgIpc) is 3.76. The Hall–Kier alpha value is -3.72. The summed E-state index contributed by atoms with van der Waals surface area (Å²) in [4.78, 5) is 17.0. The molecule has 3 aliphatic rings. The van der Waals surface area contributed by atoms with Crippen LogP contribution in [0.25, 0.3) is 33.5 Å². The normalized spacial score (nSPS) is 23.8. The zero-order valence-electron chi connectivity index (χ0n) is 21.1. The van der Waals surface area contributed by atoms with Crippen molar-refractivity contribution in [3.05, 3.63) is 83.4 Å². The van der Waals surface area contributed by atoms with Crippen LogP contribution >= 0.6 is 11.6 Å². The summed E-state index contributed by atoms with van der Waals surface area (Å²) in [5.74, 6) is 1.66. The Bertz CT molecular complexity index is 1640. The second-order valence-electron chi connectivity index (χ2n) is 10.5. The minimum absolute atomic E-state index is 0.0483. The maximum Gasteiger partial charge on any atom is 0.296 e. The molecule has 0 bridgehead atoms. The number of aromatic nitrogens is 5. The molecule has 3 aromatic heterocycles. The molecule has 2 fully saturated rings. The fraction of sp³-hybridized carbons (Fsp3) is 0.300. The SMILES string of the molecule is Clc1cc2[nH]c(OC3CO[C@@H]4CCO[C@H]34)nc2nc1-c1ccc(-c2ccc(C3Cc4nccn4C3)cc2)cc1. The number of hydrogen-bond donors (Lipinski definition) is 1. The molecule has 196 valence electrons. The lowest BCUT2D eigenvalue weighted by molar-refractivity contribution is 0.0273. The average molecular weight is 540 g/mol. The third-order valence-corrected chi connectivity index (χ3v) is 8.40. The van der Waals surface area contributed by atoms with Crippen molar-refractivity contribution in [2.24, 2.45) is 0 Å². The van der Waals surface area contributed by atoms with Crippen molar-refractivity contribution < 1.29 is 14.2 Å². The summed E-state index contributed by atoms with van der Waals surface area (Å²) in [5, 5.41) is 0.551. The molecule has 6 heterocycles. The number of aromatic amines is 1. The van der Waals surface area contributed by atoms with Crippen molar-refractivity contribution in [1.82, 2.24) is 24.5 Å². The van der Waals surface area contributed by atoms with Gasteiger partial charge in [-0.3, -0.25) is 0 Å². The van der Waals surface area contributed by atoms with Gasteiger partial charge in [-0.1, -0.05) is 60.1 Å². The molecule has 8 nitrogen and oxygen atoms in total. The summed E-state index contributed by atoms with van der Waals surface area (Å²) < 4.78 is 19.9. The van der Waals surface area contributed by atoms with Gasteiger partial charge < -0.3 is 23.8 Å². The molecule has 8 rings (SSSR count). The smallest absolute Gasteiger partial charge is 0.296 e. The first kappa shape index (κ1) is 23.2. The summed E-state index contributed by atoms with van der Waals surface area (Å²) in [6.07, 6.45) is 5.72. The Labute approximate surface area is 229 Å². The van der Waals surface area contributed by atoms with Crippen molar-refractivity contribution in [2.45, 2.75) is 43.6 Å². The number of H-pyrrole nitrogens is 1. The molecule has 0 amide bonds. The van der Waals surface area contributed by atoms with Crippen LogP contribution < -0.4 is 4.74 Å². The lowest BCUT2D eigenvalue weighted by Crippen LogP contribution is -2.32. The molecule has 2 aromatic carbocycles. The highest BCUT2D eigenvalue weighted by molar-refractivity contribution is 6.33. The number of ether oxygens (including phenoxy) is 3. The number of pyridine rings is 1. The summed E-state index contributed by atoms with van der Waals surface area (Å²) in [6.45, 7) is 2.19. The third kappa shape index (κ3) is 4.11. The largest absolute Gasteiger partial charge is 0.456 e. The van der Waals surface area contributed by atoms with Gasteiger partial charge >= 0.3 is 0 Å². The van der Waals surface area contributed by atoms with Crippen LogP contribution in [0.4, 0.5) is 0 Å². The van der Waals surface area contributed by atoms with Gasteiger partial charge in [0, 0.05) is 43.4 Å². The van der Waals surface area contributed by atoms with E-state index in [0.29, 0.717) is 41.5 Å². The maximum absolute atomic E-state index is 6.65. The minimum atomic E-state index is -0.184. The molecule has 0 saturated carbocycles. The second-order valence-corrected chi connectivity index (χ2v) is 10.9. The highest BCUT2D eigenvalue weighted by atomic mass is 35.5. The molecule has 0 spiro atoms. The number of nitrogens with one attached hydrogen (secondary N) is 1. The predicted molar refractivity (Wildman–Crippen MR) is 147 cm³/mol. The highest BCUT2D eigenvalue weighted by Gasteiger charge is 2.43. The van der Waals surface area contributed by atoms with E-state index in [1.165, 1.54) is 17.0 Å².